The van der Waals surface area contributed by atoms with Crippen LogP contribution in [0.5, 0.6) is 11.5 Å². The predicted octanol–water partition coefficient (Wildman–Crippen LogP) is 4.44. The monoisotopic (exact) mass is 268 g/mol. The smallest absolute Gasteiger partial charge is 0.153 e. The highest BCUT2D eigenvalue weighted by Gasteiger charge is 2.39. The Kier molecular flexibility index (Phi) is 2.25. The Hall–Kier alpha value is -0.480. The van der Waals surface area contributed by atoms with Crippen molar-refractivity contribution in [2.45, 2.75) is 54.3 Å². The highest BCUT2D eigenvalue weighted by molar-refractivity contribution is 8.01. The number of hydrogen-bond acceptors (Lipinski definition) is 4. The van der Waals surface area contributed by atoms with Crippen molar-refractivity contribution in [2.75, 3.05) is 0 Å². The Morgan fingerprint density at radius 1 is 0.882 bits per heavy atom. The molecule has 0 aromatic heterocycles. The van der Waals surface area contributed by atoms with Crippen molar-refractivity contribution < 1.29 is 9.47 Å². The highest BCUT2D eigenvalue weighted by Crippen LogP contribution is 2.57. The summed E-state index contributed by atoms with van der Waals surface area (Å²) < 4.78 is 11.9. The molecule has 0 atom stereocenters. The van der Waals surface area contributed by atoms with Crippen LogP contribution in [-0.4, -0.2) is 9.87 Å². The minimum Gasteiger partial charge on any atom is -0.476 e. The molecular formula is C13H16O2S2. The van der Waals surface area contributed by atoms with Crippen LogP contribution in [0, 0.1) is 6.92 Å². The predicted molar refractivity (Wildman–Crippen MR) is 72.3 cm³/mol. The molecule has 2 aliphatic rings. The molecule has 2 aliphatic heterocycles. The normalized spacial score (nSPS) is 22.6. The second-order valence-corrected chi connectivity index (χ2v) is 8.56. The van der Waals surface area contributed by atoms with E-state index in [0.717, 1.165) is 11.5 Å². The summed E-state index contributed by atoms with van der Waals surface area (Å²) in [5.74, 6) is 1.93. The SMILES string of the molecule is Cc1c2c(cc3c1SC(C)(C)O3)OC(C)(C)S2. The second-order valence-electron chi connectivity index (χ2n) is 5.36. The zero-order valence-corrected chi connectivity index (χ0v) is 12.3. The first-order valence-electron chi connectivity index (χ1n) is 5.71. The molecule has 2 nitrogen and oxygen atoms in total. The Bertz CT molecular complexity index is 464. The van der Waals surface area contributed by atoms with Crippen LogP contribution in [0.15, 0.2) is 15.9 Å². The van der Waals surface area contributed by atoms with E-state index in [2.05, 4.69) is 34.6 Å². The summed E-state index contributed by atoms with van der Waals surface area (Å²) in [5.41, 5.74) is 1.30. The largest absolute Gasteiger partial charge is 0.476 e. The van der Waals surface area contributed by atoms with Crippen LogP contribution in [0.4, 0.5) is 0 Å². The van der Waals surface area contributed by atoms with Gasteiger partial charge in [0.1, 0.15) is 11.5 Å². The summed E-state index contributed by atoms with van der Waals surface area (Å²) in [7, 11) is 0. The van der Waals surface area contributed by atoms with Gasteiger partial charge in [-0.25, -0.2) is 0 Å². The van der Waals surface area contributed by atoms with E-state index in [4.69, 9.17) is 9.47 Å². The fourth-order valence-electron chi connectivity index (χ4n) is 2.19. The third-order valence-corrected chi connectivity index (χ3v) is 5.37. The second kappa shape index (κ2) is 3.29. The fraction of sp³-hybridized carbons (Fsp3) is 0.538. The van der Waals surface area contributed by atoms with Crippen LogP contribution in [0.2, 0.25) is 0 Å². The van der Waals surface area contributed by atoms with E-state index in [-0.39, 0.29) is 9.87 Å². The average molecular weight is 268 g/mol. The van der Waals surface area contributed by atoms with Crippen molar-refractivity contribution in [1.82, 2.24) is 0 Å². The van der Waals surface area contributed by atoms with E-state index in [9.17, 15) is 0 Å². The van der Waals surface area contributed by atoms with Gasteiger partial charge in [-0.05, 0) is 40.2 Å². The van der Waals surface area contributed by atoms with Gasteiger partial charge in [0, 0.05) is 6.07 Å². The number of fused-ring (bicyclic) bond motifs is 2. The van der Waals surface area contributed by atoms with Crippen LogP contribution < -0.4 is 9.47 Å². The first-order chi connectivity index (χ1) is 7.77. The van der Waals surface area contributed by atoms with Gasteiger partial charge in [-0.2, -0.15) is 0 Å². The first kappa shape index (κ1) is 11.6. The Morgan fingerprint density at radius 3 is 1.71 bits per heavy atom. The Labute approximate surface area is 110 Å². The highest BCUT2D eigenvalue weighted by atomic mass is 32.2. The lowest BCUT2D eigenvalue weighted by Gasteiger charge is -2.16. The maximum atomic E-state index is 5.94. The molecule has 1 aromatic carbocycles. The molecule has 4 heteroatoms. The molecule has 3 rings (SSSR count). The molecule has 17 heavy (non-hydrogen) atoms. The van der Waals surface area contributed by atoms with Gasteiger partial charge in [-0.15, -0.1) is 0 Å². The topological polar surface area (TPSA) is 18.5 Å². The Balaban J connectivity index is 2.11. The van der Waals surface area contributed by atoms with Gasteiger partial charge in [0.2, 0.25) is 0 Å². The van der Waals surface area contributed by atoms with Gasteiger partial charge in [-0.3, -0.25) is 0 Å². The number of benzene rings is 1. The van der Waals surface area contributed by atoms with E-state index in [1.54, 1.807) is 23.5 Å². The molecule has 0 saturated carbocycles. The fourth-order valence-corrected chi connectivity index (χ4v) is 4.41. The number of thioether (sulfide) groups is 2. The average Bonchev–Trinajstić information content (AvgIpc) is 2.61. The van der Waals surface area contributed by atoms with Crippen LogP contribution >= 0.6 is 23.5 Å². The van der Waals surface area contributed by atoms with E-state index in [0.29, 0.717) is 0 Å². The molecule has 2 heterocycles. The molecule has 0 fully saturated rings. The molecule has 0 bridgehead atoms. The summed E-state index contributed by atoms with van der Waals surface area (Å²) in [4.78, 5) is 2.20. The minimum absolute atomic E-state index is 0.164. The summed E-state index contributed by atoms with van der Waals surface area (Å²) in [6, 6.07) is 2.04. The number of hydrogen-bond donors (Lipinski definition) is 0. The standard InChI is InChI=1S/C13H16O2S2/c1-7-10-8(14-12(2,3)16-10)6-9-11(7)17-13(4,5)15-9/h6H,1-5H3. The van der Waals surface area contributed by atoms with Crippen molar-refractivity contribution in [2.24, 2.45) is 0 Å². The van der Waals surface area contributed by atoms with Crippen molar-refractivity contribution in [1.29, 1.82) is 0 Å². The maximum Gasteiger partial charge on any atom is 0.153 e. The lowest BCUT2D eigenvalue weighted by molar-refractivity contribution is 0.202. The van der Waals surface area contributed by atoms with Crippen LogP contribution in [-0.2, 0) is 0 Å². The summed E-state index contributed by atoms with van der Waals surface area (Å²) in [6.45, 7) is 10.5. The van der Waals surface area contributed by atoms with Gasteiger partial charge in [0.25, 0.3) is 0 Å². The molecule has 0 N–H and O–H groups in total. The van der Waals surface area contributed by atoms with Gasteiger partial charge in [0.05, 0.1) is 9.79 Å². The molecule has 1 aromatic rings. The van der Waals surface area contributed by atoms with E-state index in [1.165, 1.54) is 15.4 Å². The molecule has 0 saturated heterocycles. The minimum atomic E-state index is -0.164. The molecular weight excluding hydrogens is 252 g/mol. The van der Waals surface area contributed by atoms with Crippen LogP contribution in [0.1, 0.15) is 33.3 Å². The zero-order chi connectivity index (χ0) is 12.4. The molecule has 0 spiro atoms. The molecule has 0 unspecified atom stereocenters. The van der Waals surface area contributed by atoms with Gasteiger partial charge in [-0.1, -0.05) is 23.5 Å². The molecule has 0 aliphatic carbocycles. The van der Waals surface area contributed by atoms with E-state index < -0.39 is 0 Å². The quantitative estimate of drug-likeness (QED) is 0.692. The van der Waals surface area contributed by atoms with Gasteiger partial charge in [0.15, 0.2) is 9.87 Å². The van der Waals surface area contributed by atoms with E-state index >= 15 is 0 Å². The van der Waals surface area contributed by atoms with Crippen LogP contribution in [0.25, 0.3) is 0 Å². The Morgan fingerprint density at radius 2 is 1.29 bits per heavy atom. The zero-order valence-electron chi connectivity index (χ0n) is 10.7. The van der Waals surface area contributed by atoms with Crippen molar-refractivity contribution >= 4 is 23.5 Å². The maximum absolute atomic E-state index is 5.94. The molecule has 0 radical (unpaired) electrons. The number of ether oxygens (including phenoxy) is 2. The number of rotatable bonds is 0. The third-order valence-electron chi connectivity index (χ3n) is 2.80. The lowest BCUT2D eigenvalue weighted by atomic mass is 10.2. The van der Waals surface area contributed by atoms with E-state index in [1.807, 2.05) is 6.07 Å². The van der Waals surface area contributed by atoms with Crippen molar-refractivity contribution in [3.63, 3.8) is 0 Å². The summed E-state index contributed by atoms with van der Waals surface area (Å²) >= 11 is 3.59. The third kappa shape index (κ3) is 1.82. The summed E-state index contributed by atoms with van der Waals surface area (Å²) in [5, 5.41) is 0. The summed E-state index contributed by atoms with van der Waals surface area (Å²) in [6.07, 6.45) is 0. The van der Waals surface area contributed by atoms with Gasteiger partial charge < -0.3 is 9.47 Å². The van der Waals surface area contributed by atoms with Crippen molar-refractivity contribution in [3.8, 4) is 11.5 Å². The van der Waals surface area contributed by atoms with Gasteiger partial charge >= 0.3 is 0 Å². The first-order valence-corrected chi connectivity index (χ1v) is 7.34. The molecule has 92 valence electrons. The van der Waals surface area contributed by atoms with Crippen LogP contribution in [0.3, 0.4) is 0 Å². The lowest BCUT2D eigenvalue weighted by Crippen LogP contribution is -2.19. The molecule has 0 amide bonds. The van der Waals surface area contributed by atoms with Crippen molar-refractivity contribution in [3.05, 3.63) is 11.6 Å².